The van der Waals surface area contributed by atoms with Crippen molar-refractivity contribution < 1.29 is 52.5 Å². The summed E-state index contributed by atoms with van der Waals surface area (Å²) in [6, 6.07) is 5.59. The third-order valence-electron chi connectivity index (χ3n) is 6.44. The van der Waals surface area contributed by atoms with E-state index in [1.54, 1.807) is 16.8 Å². The van der Waals surface area contributed by atoms with Crippen molar-refractivity contribution in [1.29, 1.82) is 0 Å². The second-order valence-corrected chi connectivity index (χ2v) is 15.2. The normalized spacial score (nSPS) is 11.7. The number of imidazole rings is 1. The topological polar surface area (TPSA) is 184 Å². The van der Waals surface area contributed by atoms with Gasteiger partial charge >= 0.3 is 0 Å². The van der Waals surface area contributed by atoms with Crippen molar-refractivity contribution in [2.75, 3.05) is 43.9 Å². The van der Waals surface area contributed by atoms with Crippen LogP contribution < -0.4 is 9.13 Å². The van der Waals surface area contributed by atoms with E-state index < -0.39 is 30.4 Å². The molecule has 0 aliphatic carbocycles. The smallest absolute Gasteiger partial charge is 0.248 e. The first-order valence-corrected chi connectivity index (χ1v) is 19.3. The Hall–Kier alpha value is -2.99. The van der Waals surface area contributed by atoms with Crippen molar-refractivity contribution in [3.05, 3.63) is 87.3 Å². The Morgan fingerprint density at radius 3 is 1.78 bits per heavy atom. The first-order valence-electron chi connectivity index (χ1n) is 14.5. The van der Waals surface area contributed by atoms with Crippen LogP contribution >= 0.6 is 0 Å². The molecule has 2 heterocycles. The number of hydrogen-bond donors (Lipinski definition) is 0. The number of likely N-dealkylation sites (N-methyl/N-ethyl adjacent to an activating group) is 1. The molecular weight excluding hydrogens is 657 g/mol. The van der Waals surface area contributed by atoms with Gasteiger partial charge in [-0.15, -0.1) is 0 Å². The lowest BCUT2D eigenvalue weighted by Crippen LogP contribution is -2.45. The molecule has 0 atom stereocenters. The van der Waals surface area contributed by atoms with Gasteiger partial charge < -0.3 is 18.1 Å². The molecule has 0 bridgehead atoms. The molecule has 0 amide bonds. The van der Waals surface area contributed by atoms with Crippen molar-refractivity contribution in [2.24, 2.45) is 0 Å². The first kappa shape index (κ1) is 43.0. The van der Waals surface area contributed by atoms with Gasteiger partial charge in [0.1, 0.15) is 18.9 Å². The Morgan fingerprint density at radius 1 is 0.761 bits per heavy atom. The fraction of sp³-hybridized carbons (Fsp3) is 0.467. The summed E-state index contributed by atoms with van der Waals surface area (Å²) in [4.78, 5) is 0. The van der Waals surface area contributed by atoms with Crippen LogP contribution in [-0.4, -0.2) is 91.9 Å². The van der Waals surface area contributed by atoms with Crippen molar-refractivity contribution in [3.8, 4) is 0 Å². The molecule has 0 aromatic carbocycles. The molecule has 0 spiro atoms. The Kier molecular flexibility index (Phi) is 20.3. The molecule has 2 aromatic heterocycles. The molecule has 2 rings (SSSR count). The Morgan fingerprint density at radius 2 is 1.30 bits per heavy atom. The predicted molar refractivity (Wildman–Crippen MR) is 176 cm³/mol. The summed E-state index contributed by atoms with van der Waals surface area (Å²) < 4.78 is 99.7. The van der Waals surface area contributed by atoms with E-state index in [2.05, 4.69) is 33.4 Å². The number of quaternary nitrogens is 1. The van der Waals surface area contributed by atoms with Gasteiger partial charge in [0.25, 0.3) is 0 Å². The van der Waals surface area contributed by atoms with E-state index in [0.29, 0.717) is 38.8 Å². The minimum atomic E-state index is -4.10. The fourth-order valence-corrected chi connectivity index (χ4v) is 5.77. The maximum Gasteiger partial charge on any atom is 0.248 e. The average Bonchev–Trinajstić information content (AvgIpc) is 3.41. The van der Waals surface area contributed by atoms with Gasteiger partial charge in [-0.05, 0) is 43.9 Å². The molecule has 0 aliphatic heterocycles. The number of hydrogen-bond acceptors (Lipinski definition) is 9. The van der Waals surface area contributed by atoms with Crippen LogP contribution in [0, 0.1) is 0 Å². The summed E-state index contributed by atoms with van der Waals surface area (Å²) >= 11 is 0. The molecular formula is C30H48N4O9S3. The molecule has 16 heteroatoms. The van der Waals surface area contributed by atoms with Gasteiger partial charge in [0.2, 0.25) is 12.0 Å². The molecule has 0 aliphatic rings. The monoisotopic (exact) mass is 704 g/mol. The molecule has 13 nitrogen and oxygen atoms in total. The molecule has 46 heavy (non-hydrogen) atoms. The molecule has 0 saturated heterocycles. The minimum absolute atomic E-state index is 0.269. The average molecular weight is 705 g/mol. The Labute approximate surface area is 275 Å². The third-order valence-corrected chi connectivity index (χ3v) is 8.81. The van der Waals surface area contributed by atoms with Gasteiger partial charge in [-0.25, -0.2) is 34.4 Å². The van der Waals surface area contributed by atoms with Crippen molar-refractivity contribution in [2.45, 2.75) is 45.2 Å². The maximum atomic E-state index is 10.4. The van der Waals surface area contributed by atoms with Gasteiger partial charge in [0, 0.05) is 41.9 Å². The number of aryl methyl sites for hydroxylation is 2. The molecule has 0 fully saturated rings. The highest BCUT2D eigenvalue weighted by atomic mass is 32.2. The van der Waals surface area contributed by atoms with Crippen LogP contribution in [0.2, 0.25) is 0 Å². The summed E-state index contributed by atoms with van der Waals surface area (Å²) in [7, 11) is -10.2. The molecule has 0 N–H and O–H groups in total. The van der Waals surface area contributed by atoms with E-state index >= 15 is 0 Å². The van der Waals surface area contributed by atoms with Crippen molar-refractivity contribution >= 4 is 42.6 Å². The van der Waals surface area contributed by atoms with E-state index in [1.807, 2.05) is 64.4 Å². The summed E-state index contributed by atoms with van der Waals surface area (Å²) in [5, 5.41) is 0. The summed E-state index contributed by atoms with van der Waals surface area (Å²) in [5.41, 5.74) is 0.904. The van der Waals surface area contributed by atoms with E-state index in [9.17, 15) is 38.9 Å². The van der Waals surface area contributed by atoms with Crippen LogP contribution in [-0.2, 0) is 43.4 Å². The zero-order valence-corrected chi connectivity index (χ0v) is 29.0. The first-order chi connectivity index (χ1) is 21.4. The van der Waals surface area contributed by atoms with E-state index in [-0.39, 0.29) is 17.3 Å². The predicted octanol–water partition coefficient (Wildman–Crippen LogP) is 1.88. The zero-order valence-electron chi connectivity index (χ0n) is 26.6. The van der Waals surface area contributed by atoms with Crippen molar-refractivity contribution in [3.63, 3.8) is 0 Å². The summed E-state index contributed by atoms with van der Waals surface area (Å²) in [6.45, 7) is 18.3. The van der Waals surface area contributed by atoms with E-state index in [0.717, 1.165) is 36.2 Å². The quantitative estimate of drug-likeness (QED) is 0.0653. The van der Waals surface area contributed by atoms with Gasteiger partial charge in [-0.3, -0.25) is 0 Å². The van der Waals surface area contributed by atoms with Crippen LogP contribution in [0.5, 0.6) is 0 Å². The Bertz CT molecular complexity index is 1540. The molecule has 0 unspecified atom stereocenters. The lowest BCUT2D eigenvalue weighted by molar-refractivity contribution is -0.898. The molecule has 2 aromatic rings. The van der Waals surface area contributed by atoms with Gasteiger partial charge in [0.15, 0.2) is 6.20 Å². The highest BCUT2D eigenvalue weighted by molar-refractivity contribution is 7.86. The highest BCUT2D eigenvalue weighted by Gasteiger charge is 2.17. The molecule has 260 valence electrons. The maximum absolute atomic E-state index is 10.4. The molecule has 0 radical (unpaired) electrons. The third kappa shape index (κ3) is 23.4. The standard InChI is InChI=1S/C11H21NO3S.C10H13NO3S.C9H14N2O3S/c1-4-8-12(3,9-5-2)10-6-7-11-16(13,14)15;1-2-10-6-3-4-7-11(10)8-5-9-15(12,13)14;1-2-10-6-7-11(9-10)5-3-4-8-15(12,13)14/h4-5H,1-2,6-11H2,3H3;2-4,6-7H,1,5,8-9H2;2,6-7,9H,1,3-5,8H2. The van der Waals surface area contributed by atoms with Crippen LogP contribution in [0.25, 0.3) is 12.3 Å². The fourth-order valence-electron chi connectivity index (χ4n) is 4.17. The van der Waals surface area contributed by atoms with Crippen molar-refractivity contribution in [1.82, 2.24) is 4.57 Å². The minimum Gasteiger partial charge on any atom is -0.748 e. The second-order valence-electron chi connectivity index (χ2n) is 10.6. The van der Waals surface area contributed by atoms with E-state index in [1.165, 1.54) is 0 Å². The van der Waals surface area contributed by atoms with Crippen LogP contribution in [0.3, 0.4) is 0 Å². The van der Waals surface area contributed by atoms with Crippen LogP contribution in [0.1, 0.15) is 37.8 Å². The van der Waals surface area contributed by atoms with E-state index in [4.69, 9.17) is 0 Å². The number of rotatable bonds is 20. The van der Waals surface area contributed by atoms with Gasteiger partial charge in [-0.1, -0.05) is 26.3 Å². The molecule has 0 saturated carbocycles. The second kappa shape index (κ2) is 21.7. The summed E-state index contributed by atoms with van der Waals surface area (Å²) in [6.07, 6.45) is 17.0. The van der Waals surface area contributed by atoms with Crippen LogP contribution in [0.15, 0.2) is 81.6 Å². The highest BCUT2D eigenvalue weighted by Crippen LogP contribution is 2.07. The Balaban J connectivity index is 0.000000660. The SMILES string of the molecule is C=CC[N+](C)(CC=C)CCCCS(=O)(=O)[O-].C=Cc1cccc[n+]1CCCS(=O)(=O)[O-].C=Cn1cc[n+](CCCCS(=O)(=O)[O-])c1. The number of nitrogens with zero attached hydrogens (tertiary/aromatic N) is 4. The van der Waals surface area contributed by atoms with Gasteiger partial charge in [0.05, 0.1) is 69.8 Å². The number of aromatic nitrogens is 3. The number of unbranched alkanes of at least 4 members (excludes halogenated alkanes) is 2. The van der Waals surface area contributed by atoms with Crippen LogP contribution in [0.4, 0.5) is 0 Å². The largest absolute Gasteiger partial charge is 0.748 e. The lowest BCUT2D eigenvalue weighted by Gasteiger charge is -2.32. The lowest BCUT2D eigenvalue weighted by atomic mass is 10.2. The van der Waals surface area contributed by atoms with Gasteiger partial charge in [-0.2, -0.15) is 4.57 Å². The zero-order chi connectivity index (χ0) is 35.3. The number of pyridine rings is 1. The summed E-state index contributed by atoms with van der Waals surface area (Å²) in [5.74, 6) is -0.879.